The zero-order chi connectivity index (χ0) is 13.8. The van der Waals surface area contributed by atoms with Gasteiger partial charge in [-0.15, -0.1) is 0 Å². The third-order valence-corrected chi connectivity index (χ3v) is 3.77. The van der Waals surface area contributed by atoms with E-state index >= 15 is 0 Å². The van der Waals surface area contributed by atoms with Crippen LogP contribution in [0.4, 0.5) is 0 Å². The van der Waals surface area contributed by atoms with Gasteiger partial charge >= 0.3 is 0 Å². The van der Waals surface area contributed by atoms with Crippen molar-refractivity contribution < 1.29 is 0 Å². The van der Waals surface area contributed by atoms with Gasteiger partial charge in [0.15, 0.2) is 0 Å². The molecule has 0 spiro atoms. The highest BCUT2D eigenvalue weighted by atomic mass is 79.9. The Morgan fingerprint density at radius 1 is 1.11 bits per heavy atom. The van der Waals surface area contributed by atoms with E-state index in [2.05, 4.69) is 71.3 Å². The van der Waals surface area contributed by atoms with Crippen molar-refractivity contribution in [1.29, 1.82) is 0 Å². The third-order valence-electron chi connectivity index (χ3n) is 3.33. The van der Waals surface area contributed by atoms with Gasteiger partial charge < -0.3 is 5.32 Å². The van der Waals surface area contributed by atoms with Crippen molar-refractivity contribution in [2.45, 2.75) is 26.8 Å². The molecular weight excluding hydrogens is 300 g/mol. The molecule has 0 aliphatic carbocycles. The van der Waals surface area contributed by atoms with E-state index in [1.54, 1.807) is 0 Å². The molecule has 0 saturated heterocycles. The summed E-state index contributed by atoms with van der Waals surface area (Å²) < 4.78 is 1.01. The Hall–Kier alpha value is -1.19. The molecule has 1 aromatic heterocycles. The number of nitrogens with one attached hydrogen (secondary N) is 1. The van der Waals surface area contributed by atoms with Crippen molar-refractivity contribution in [3.05, 3.63) is 63.4 Å². The van der Waals surface area contributed by atoms with Crippen molar-refractivity contribution in [3.63, 3.8) is 0 Å². The number of hydrogen-bond acceptors (Lipinski definition) is 2. The topological polar surface area (TPSA) is 24.9 Å². The monoisotopic (exact) mass is 318 g/mol. The van der Waals surface area contributed by atoms with E-state index in [0.717, 1.165) is 11.0 Å². The van der Waals surface area contributed by atoms with E-state index in [1.807, 2.05) is 12.4 Å². The van der Waals surface area contributed by atoms with Crippen LogP contribution in [0.15, 0.2) is 41.1 Å². The lowest BCUT2D eigenvalue weighted by molar-refractivity contribution is 0.628. The Morgan fingerprint density at radius 3 is 2.53 bits per heavy atom. The van der Waals surface area contributed by atoms with Crippen LogP contribution >= 0.6 is 15.9 Å². The first-order valence-electron chi connectivity index (χ1n) is 6.52. The van der Waals surface area contributed by atoms with Crippen LogP contribution < -0.4 is 5.32 Å². The van der Waals surface area contributed by atoms with Gasteiger partial charge in [-0.3, -0.25) is 4.98 Å². The average molecular weight is 319 g/mol. The molecular formula is C16H19BrN2. The third kappa shape index (κ3) is 3.43. The van der Waals surface area contributed by atoms with Crippen LogP contribution in [-0.4, -0.2) is 11.5 Å². The molecule has 1 heterocycles. The molecule has 1 atom stereocenters. The zero-order valence-corrected chi connectivity index (χ0v) is 13.2. The van der Waals surface area contributed by atoms with E-state index in [0.29, 0.717) is 0 Å². The largest absolute Gasteiger partial charge is 0.306 e. The van der Waals surface area contributed by atoms with Crippen LogP contribution in [-0.2, 0) is 0 Å². The molecule has 100 valence electrons. The minimum Gasteiger partial charge on any atom is -0.306 e. The first-order valence-corrected chi connectivity index (χ1v) is 7.32. The summed E-state index contributed by atoms with van der Waals surface area (Å²) in [6.07, 6.45) is 3.74. The summed E-state index contributed by atoms with van der Waals surface area (Å²) >= 11 is 3.49. The Labute approximate surface area is 123 Å². The van der Waals surface area contributed by atoms with Gasteiger partial charge in [-0.05, 0) is 64.6 Å². The van der Waals surface area contributed by atoms with Crippen molar-refractivity contribution in [2.24, 2.45) is 0 Å². The van der Waals surface area contributed by atoms with E-state index in [-0.39, 0.29) is 6.04 Å². The number of rotatable bonds is 4. The summed E-state index contributed by atoms with van der Waals surface area (Å²) in [5.74, 6) is 0. The van der Waals surface area contributed by atoms with Gasteiger partial charge in [0, 0.05) is 16.9 Å². The molecule has 3 heteroatoms. The summed E-state index contributed by atoms with van der Waals surface area (Å²) in [4.78, 5) is 4.27. The average Bonchev–Trinajstić information content (AvgIpc) is 2.39. The second-order valence-electron chi connectivity index (χ2n) is 4.77. The van der Waals surface area contributed by atoms with Gasteiger partial charge in [-0.1, -0.05) is 25.1 Å². The predicted octanol–water partition coefficient (Wildman–Crippen LogP) is 4.16. The van der Waals surface area contributed by atoms with Crippen molar-refractivity contribution in [3.8, 4) is 0 Å². The normalized spacial score (nSPS) is 12.4. The molecule has 1 N–H and O–H groups in total. The second kappa shape index (κ2) is 6.31. The molecule has 1 aromatic carbocycles. The standard InChI is InChI=1S/C16H19BrN2/c1-4-19-16(14-8-15(17)10-18-9-14)13-6-5-11(2)12(3)7-13/h5-10,16,19H,4H2,1-3H3. The molecule has 0 fully saturated rings. The molecule has 2 rings (SSSR count). The highest BCUT2D eigenvalue weighted by Crippen LogP contribution is 2.25. The number of aryl methyl sites for hydroxylation is 2. The number of hydrogen-bond donors (Lipinski definition) is 1. The molecule has 0 aliphatic heterocycles. The Bertz CT molecular complexity index is 566. The fraction of sp³-hybridized carbons (Fsp3) is 0.312. The van der Waals surface area contributed by atoms with Crippen molar-refractivity contribution >= 4 is 15.9 Å². The van der Waals surface area contributed by atoms with Crippen molar-refractivity contribution in [1.82, 2.24) is 10.3 Å². The van der Waals surface area contributed by atoms with Gasteiger partial charge in [-0.25, -0.2) is 0 Å². The summed E-state index contributed by atoms with van der Waals surface area (Å²) in [6.45, 7) is 7.34. The molecule has 0 aliphatic rings. The number of pyridine rings is 1. The SMILES string of the molecule is CCNC(c1cncc(Br)c1)c1ccc(C)c(C)c1. The number of nitrogens with zero attached hydrogens (tertiary/aromatic N) is 1. The first kappa shape index (κ1) is 14.2. The lowest BCUT2D eigenvalue weighted by Gasteiger charge is -2.20. The van der Waals surface area contributed by atoms with Crippen LogP contribution in [0, 0.1) is 13.8 Å². The summed E-state index contributed by atoms with van der Waals surface area (Å²) in [5.41, 5.74) is 5.11. The van der Waals surface area contributed by atoms with E-state index in [4.69, 9.17) is 0 Å². The zero-order valence-electron chi connectivity index (χ0n) is 11.6. The smallest absolute Gasteiger partial charge is 0.0592 e. The lowest BCUT2D eigenvalue weighted by atomic mass is 9.96. The van der Waals surface area contributed by atoms with Crippen LogP contribution in [0.5, 0.6) is 0 Å². The second-order valence-corrected chi connectivity index (χ2v) is 5.69. The highest BCUT2D eigenvalue weighted by Gasteiger charge is 2.14. The minimum atomic E-state index is 0.189. The lowest BCUT2D eigenvalue weighted by Crippen LogP contribution is -2.22. The molecule has 0 saturated carbocycles. The predicted molar refractivity (Wildman–Crippen MR) is 83.4 cm³/mol. The summed E-state index contributed by atoms with van der Waals surface area (Å²) in [5, 5.41) is 3.53. The van der Waals surface area contributed by atoms with Crippen LogP contribution in [0.2, 0.25) is 0 Å². The van der Waals surface area contributed by atoms with Gasteiger partial charge in [-0.2, -0.15) is 0 Å². The molecule has 0 radical (unpaired) electrons. The van der Waals surface area contributed by atoms with Crippen molar-refractivity contribution in [2.75, 3.05) is 6.54 Å². The van der Waals surface area contributed by atoms with E-state index in [1.165, 1.54) is 22.3 Å². The maximum absolute atomic E-state index is 4.27. The fourth-order valence-electron chi connectivity index (χ4n) is 2.16. The van der Waals surface area contributed by atoms with Gasteiger partial charge in [0.2, 0.25) is 0 Å². The van der Waals surface area contributed by atoms with Crippen LogP contribution in [0.25, 0.3) is 0 Å². The highest BCUT2D eigenvalue weighted by molar-refractivity contribution is 9.10. The van der Waals surface area contributed by atoms with E-state index in [9.17, 15) is 0 Å². The minimum absolute atomic E-state index is 0.189. The number of halogens is 1. The van der Waals surface area contributed by atoms with Crippen LogP contribution in [0.3, 0.4) is 0 Å². The Kier molecular flexibility index (Phi) is 4.72. The van der Waals surface area contributed by atoms with Gasteiger partial charge in [0.25, 0.3) is 0 Å². The maximum atomic E-state index is 4.27. The van der Waals surface area contributed by atoms with Gasteiger partial charge in [0.05, 0.1) is 6.04 Å². The molecule has 2 nitrogen and oxygen atoms in total. The first-order chi connectivity index (χ1) is 9.11. The fourth-order valence-corrected chi connectivity index (χ4v) is 2.55. The van der Waals surface area contributed by atoms with E-state index < -0.39 is 0 Å². The number of aromatic nitrogens is 1. The quantitative estimate of drug-likeness (QED) is 0.915. The molecule has 19 heavy (non-hydrogen) atoms. The molecule has 1 unspecified atom stereocenters. The van der Waals surface area contributed by atoms with Crippen LogP contribution in [0.1, 0.15) is 35.2 Å². The molecule has 0 bridgehead atoms. The summed E-state index contributed by atoms with van der Waals surface area (Å²) in [7, 11) is 0. The maximum Gasteiger partial charge on any atom is 0.0592 e. The van der Waals surface area contributed by atoms with Gasteiger partial charge in [0.1, 0.15) is 0 Å². The summed E-state index contributed by atoms with van der Waals surface area (Å²) in [6, 6.07) is 8.94. The molecule has 0 amide bonds. The Morgan fingerprint density at radius 2 is 1.89 bits per heavy atom. The molecule has 2 aromatic rings. The number of benzene rings is 1. The Balaban J connectivity index is 2.42.